The second-order valence-corrected chi connectivity index (χ2v) is 6.21. The number of hydrogen-bond donors (Lipinski definition) is 0. The molecular formula is C12H15F6N2P. The van der Waals surface area contributed by atoms with Crippen LogP contribution in [0.15, 0.2) is 43.2 Å². The van der Waals surface area contributed by atoms with Crippen molar-refractivity contribution in [3.8, 4) is 0 Å². The van der Waals surface area contributed by atoms with E-state index in [0.29, 0.717) is 0 Å². The van der Waals surface area contributed by atoms with Crippen molar-refractivity contribution in [2.45, 2.75) is 20.0 Å². The molecule has 0 unspecified atom stereocenters. The first-order valence-electron chi connectivity index (χ1n) is 5.96. The van der Waals surface area contributed by atoms with Gasteiger partial charge in [0.25, 0.3) is 0 Å². The minimum atomic E-state index is -10.7. The molecule has 0 spiro atoms. The molecule has 0 fully saturated rings. The van der Waals surface area contributed by atoms with E-state index in [4.69, 9.17) is 0 Å². The number of aryl methyl sites for hydroxylation is 1. The van der Waals surface area contributed by atoms with Crippen LogP contribution in [-0.2, 0) is 13.1 Å². The fourth-order valence-electron chi connectivity index (χ4n) is 1.78. The van der Waals surface area contributed by atoms with Gasteiger partial charge in [-0.1, -0.05) is 24.8 Å². The summed E-state index contributed by atoms with van der Waals surface area (Å²) in [6, 6.07) is 8.44. The van der Waals surface area contributed by atoms with Gasteiger partial charge >= 0.3 is 33.0 Å². The number of fused-ring (bicyclic) bond motifs is 1. The van der Waals surface area contributed by atoms with Crippen molar-refractivity contribution in [3.63, 3.8) is 0 Å². The van der Waals surface area contributed by atoms with Crippen LogP contribution in [0.4, 0.5) is 25.2 Å². The average molecular weight is 332 g/mol. The van der Waals surface area contributed by atoms with Crippen molar-refractivity contribution >= 4 is 18.8 Å². The molecule has 1 aromatic carbocycles. The van der Waals surface area contributed by atoms with Crippen LogP contribution in [0.25, 0.3) is 11.0 Å². The van der Waals surface area contributed by atoms with Crippen LogP contribution < -0.4 is 4.57 Å². The quantitative estimate of drug-likeness (QED) is 0.303. The summed E-state index contributed by atoms with van der Waals surface area (Å²) in [6.45, 7) is 7.80. The first-order valence-corrected chi connectivity index (χ1v) is 7.99. The third-order valence-electron chi connectivity index (χ3n) is 2.45. The van der Waals surface area contributed by atoms with Crippen molar-refractivity contribution in [3.05, 3.63) is 43.2 Å². The van der Waals surface area contributed by atoms with E-state index in [-0.39, 0.29) is 0 Å². The molecule has 0 aliphatic heterocycles. The van der Waals surface area contributed by atoms with E-state index in [9.17, 15) is 25.2 Å². The molecule has 0 saturated heterocycles. The summed E-state index contributed by atoms with van der Waals surface area (Å²) in [5.74, 6) is 0. The number of halogens is 6. The average Bonchev–Trinajstić information content (AvgIpc) is 2.65. The second-order valence-electron chi connectivity index (χ2n) is 4.29. The van der Waals surface area contributed by atoms with Gasteiger partial charge in [0.15, 0.2) is 11.0 Å². The Kier molecular flexibility index (Phi) is 4.18. The first-order chi connectivity index (χ1) is 9.31. The molecule has 0 atom stereocenters. The van der Waals surface area contributed by atoms with Gasteiger partial charge in [-0.2, -0.15) is 0 Å². The Morgan fingerprint density at radius 3 is 2.14 bits per heavy atom. The van der Waals surface area contributed by atoms with Crippen LogP contribution in [0.1, 0.15) is 6.92 Å². The summed E-state index contributed by atoms with van der Waals surface area (Å²) in [5.41, 5.74) is 2.56. The van der Waals surface area contributed by atoms with E-state index in [0.717, 1.165) is 13.1 Å². The van der Waals surface area contributed by atoms with Gasteiger partial charge in [-0.3, -0.25) is 0 Å². The predicted octanol–water partition coefficient (Wildman–Crippen LogP) is 5.52. The van der Waals surface area contributed by atoms with Crippen molar-refractivity contribution in [2.24, 2.45) is 0 Å². The molecule has 9 heteroatoms. The molecule has 0 aliphatic carbocycles. The number of para-hydroxylation sites is 2. The molecule has 1 aromatic heterocycles. The van der Waals surface area contributed by atoms with Gasteiger partial charge in [0.2, 0.25) is 6.33 Å². The monoisotopic (exact) mass is 332 g/mol. The van der Waals surface area contributed by atoms with Gasteiger partial charge in [-0.15, -0.1) is 0 Å². The van der Waals surface area contributed by atoms with Crippen LogP contribution in [0.2, 0.25) is 0 Å². The Labute approximate surface area is 117 Å². The van der Waals surface area contributed by atoms with Gasteiger partial charge in [-0.05, 0) is 19.1 Å². The van der Waals surface area contributed by atoms with Gasteiger partial charge in [0.1, 0.15) is 6.54 Å². The number of benzene rings is 1. The molecule has 0 saturated carbocycles. The molecule has 21 heavy (non-hydrogen) atoms. The summed E-state index contributed by atoms with van der Waals surface area (Å²) in [6.07, 6.45) is 4.07. The van der Waals surface area contributed by atoms with Gasteiger partial charge in [-0.25, -0.2) is 9.13 Å². The molecule has 0 bridgehead atoms. The zero-order valence-corrected chi connectivity index (χ0v) is 12.1. The van der Waals surface area contributed by atoms with Crippen molar-refractivity contribution in [1.82, 2.24) is 4.57 Å². The summed E-state index contributed by atoms with van der Waals surface area (Å²) in [7, 11) is -10.7. The molecule has 0 amide bonds. The summed E-state index contributed by atoms with van der Waals surface area (Å²) in [4.78, 5) is 0. The van der Waals surface area contributed by atoms with Crippen LogP contribution >= 0.6 is 7.81 Å². The van der Waals surface area contributed by atoms with E-state index < -0.39 is 7.81 Å². The fourth-order valence-corrected chi connectivity index (χ4v) is 1.78. The van der Waals surface area contributed by atoms with Gasteiger partial charge < -0.3 is 0 Å². The zero-order valence-electron chi connectivity index (χ0n) is 11.2. The molecular weight excluding hydrogens is 317 g/mol. The van der Waals surface area contributed by atoms with Crippen LogP contribution in [0, 0.1) is 0 Å². The molecule has 0 radical (unpaired) electrons. The van der Waals surface area contributed by atoms with E-state index in [1.54, 1.807) is 0 Å². The van der Waals surface area contributed by atoms with Crippen molar-refractivity contribution in [2.75, 3.05) is 0 Å². The Morgan fingerprint density at radius 1 is 1.14 bits per heavy atom. The van der Waals surface area contributed by atoms with Crippen molar-refractivity contribution in [1.29, 1.82) is 0 Å². The predicted molar refractivity (Wildman–Crippen MR) is 71.6 cm³/mol. The first kappa shape index (κ1) is 17.5. The maximum absolute atomic E-state index is 10.7. The normalized spacial score (nSPS) is 14.8. The number of aromatic nitrogens is 2. The van der Waals surface area contributed by atoms with Crippen LogP contribution in [0.5, 0.6) is 0 Å². The number of imidazole rings is 1. The summed E-state index contributed by atoms with van der Waals surface area (Å²) < 4.78 is 63.7. The standard InChI is InChI=1S/C12H15N2.F6P/c1-3-9-14-10-13(4-2)11-7-5-6-8-12(11)14;1-7(2,3,4,5)6/h3,5-8,10H,1,4,9H2,2H3;/q+1;-1. The molecule has 1 heterocycles. The maximum atomic E-state index is 9.87. The molecule has 120 valence electrons. The van der Waals surface area contributed by atoms with E-state index in [1.165, 1.54) is 11.0 Å². The molecule has 0 N–H and O–H groups in total. The zero-order chi connectivity index (χ0) is 16.4. The molecule has 2 aromatic rings. The Hall–Kier alpha value is -1.56. The van der Waals surface area contributed by atoms with Gasteiger partial charge in [0, 0.05) is 0 Å². The van der Waals surface area contributed by atoms with Gasteiger partial charge in [0.05, 0.1) is 6.54 Å². The van der Waals surface area contributed by atoms with Crippen molar-refractivity contribution < 1.29 is 29.7 Å². The van der Waals surface area contributed by atoms with E-state index >= 15 is 0 Å². The Bertz CT molecular complexity index is 633. The fraction of sp³-hybridized carbons (Fsp3) is 0.250. The van der Waals surface area contributed by atoms with E-state index in [1.807, 2.05) is 6.08 Å². The molecule has 0 aliphatic rings. The number of nitrogens with zero attached hydrogens (tertiary/aromatic N) is 2. The summed E-state index contributed by atoms with van der Waals surface area (Å²) in [5, 5.41) is 0. The topological polar surface area (TPSA) is 8.81 Å². The Morgan fingerprint density at radius 2 is 1.67 bits per heavy atom. The third kappa shape index (κ3) is 7.13. The Balaban J connectivity index is 0.000000270. The molecule has 2 nitrogen and oxygen atoms in total. The van der Waals surface area contributed by atoms with Crippen LogP contribution in [0.3, 0.4) is 0 Å². The third-order valence-corrected chi connectivity index (χ3v) is 2.45. The van der Waals surface area contributed by atoms with E-state index in [2.05, 4.69) is 53.2 Å². The SMILES string of the molecule is C=CC[n+]1cn(CC)c2ccccc21.F[P-](F)(F)(F)(F)F. The number of hydrogen-bond acceptors (Lipinski definition) is 0. The summed E-state index contributed by atoms with van der Waals surface area (Å²) >= 11 is 0. The molecule has 2 rings (SSSR count). The minimum absolute atomic E-state index is 0.869. The second kappa shape index (κ2) is 5.02. The van der Waals surface area contributed by atoms with Crippen LogP contribution in [-0.4, -0.2) is 4.57 Å². The number of rotatable bonds is 3. The number of allylic oxidation sites excluding steroid dienone is 1.